The minimum absolute atomic E-state index is 0.0566. The average Bonchev–Trinajstić information content (AvgIpc) is 2.44. The van der Waals surface area contributed by atoms with Crippen LogP contribution < -0.4 is 0 Å². The van der Waals surface area contributed by atoms with Crippen molar-refractivity contribution in [2.24, 2.45) is 5.41 Å². The number of aliphatic hydroxyl groups is 2. The summed E-state index contributed by atoms with van der Waals surface area (Å²) in [7, 11) is 0. The maximum atomic E-state index is 12.0. The Labute approximate surface area is 124 Å². The summed E-state index contributed by atoms with van der Waals surface area (Å²) in [6, 6.07) is 0. The molecule has 0 aliphatic heterocycles. The normalized spacial score (nSPS) is 35.7. The van der Waals surface area contributed by atoms with Gasteiger partial charge in [0, 0.05) is 23.8 Å². The molecule has 0 spiro atoms. The topological polar surface area (TPSA) is 74.6 Å². The summed E-state index contributed by atoms with van der Waals surface area (Å²) in [6.07, 6.45) is 6.04. The zero-order chi connectivity index (χ0) is 15.8. The molecule has 21 heavy (non-hydrogen) atoms. The second kappa shape index (κ2) is 5.26. The first-order valence-electron chi connectivity index (χ1n) is 7.36. The maximum absolute atomic E-state index is 12.0. The van der Waals surface area contributed by atoms with E-state index < -0.39 is 16.8 Å². The number of Topliss-reactive ketones (excluding diaryl/α,β-unsaturated/α-hetero) is 1. The summed E-state index contributed by atoms with van der Waals surface area (Å²) in [5.74, 6) is -0.763. The first-order chi connectivity index (χ1) is 9.79. The smallest absolute Gasteiger partial charge is 0.220 e. The highest BCUT2D eigenvalue weighted by atomic mass is 16.3. The quantitative estimate of drug-likeness (QED) is 0.820. The van der Waals surface area contributed by atoms with Gasteiger partial charge in [-0.15, -0.1) is 0 Å². The molecule has 1 fully saturated rings. The van der Waals surface area contributed by atoms with Gasteiger partial charge in [0.2, 0.25) is 5.78 Å². The van der Waals surface area contributed by atoms with Crippen LogP contribution in [0.3, 0.4) is 0 Å². The van der Waals surface area contributed by atoms with Crippen LogP contribution in [0.2, 0.25) is 0 Å². The van der Waals surface area contributed by atoms with Crippen molar-refractivity contribution in [1.82, 2.24) is 0 Å². The molecule has 2 aliphatic carbocycles. The highest BCUT2D eigenvalue weighted by molar-refractivity contribution is 6.05. The molecule has 2 rings (SSSR count). The summed E-state index contributed by atoms with van der Waals surface area (Å²) < 4.78 is 0. The highest BCUT2D eigenvalue weighted by Gasteiger charge is 2.54. The molecule has 2 aliphatic rings. The molecular weight excluding hydrogens is 268 g/mol. The van der Waals surface area contributed by atoms with Gasteiger partial charge in [0.05, 0.1) is 5.60 Å². The first-order valence-corrected chi connectivity index (χ1v) is 7.36. The van der Waals surface area contributed by atoms with E-state index in [1.165, 1.54) is 6.08 Å². The zero-order valence-corrected chi connectivity index (χ0v) is 12.8. The molecule has 4 nitrogen and oxygen atoms in total. The van der Waals surface area contributed by atoms with Crippen molar-refractivity contribution in [2.45, 2.75) is 52.1 Å². The van der Waals surface area contributed by atoms with E-state index in [2.05, 4.69) is 0 Å². The summed E-state index contributed by atoms with van der Waals surface area (Å²) in [6.45, 7) is 5.38. The number of carbonyl (C=O) groups is 2. The van der Waals surface area contributed by atoms with E-state index in [0.717, 1.165) is 0 Å². The van der Waals surface area contributed by atoms with Crippen molar-refractivity contribution in [1.29, 1.82) is 0 Å². The Bertz CT molecular complexity index is 578. The van der Waals surface area contributed by atoms with Crippen LogP contribution in [-0.4, -0.2) is 27.4 Å². The van der Waals surface area contributed by atoms with Gasteiger partial charge >= 0.3 is 0 Å². The second-order valence-electron chi connectivity index (χ2n) is 6.09. The lowest BCUT2D eigenvalue weighted by Gasteiger charge is -2.50. The molecule has 2 atom stereocenters. The van der Waals surface area contributed by atoms with E-state index in [1.54, 1.807) is 19.1 Å². The number of carbonyl (C=O) groups excluding carboxylic acids is 2. The molecule has 0 aromatic carbocycles. The third kappa shape index (κ3) is 2.27. The SMILES string of the molecule is C/C=C1/C=CC(=O)C(O)=C1[C@@]1(CC)CC(=O)CC[C@]1(C)O. The summed E-state index contributed by atoms with van der Waals surface area (Å²) in [5.41, 5.74) is -0.949. The van der Waals surface area contributed by atoms with Gasteiger partial charge in [0.15, 0.2) is 5.76 Å². The van der Waals surface area contributed by atoms with E-state index in [-0.39, 0.29) is 18.0 Å². The molecule has 4 heteroatoms. The number of hydrogen-bond acceptors (Lipinski definition) is 4. The molecule has 0 amide bonds. The zero-order valence-electron chi connectivity index (χ0n) is 12.8. The Kier molecular flexibility index (Phi) is 3.93. The third-order valence-corrected chi connectivity index (χ3v) is 4.99. The minimum atomic E-state index is -1.14. The molecule has 0 aromatic heterocycles. The van der Waals surface area contributed by atoms with Crippen molar-refractivity contribution >= 4 is 11.6 Å². The largest absolute Gasteiger partial charge is 0.504 e. The molecule has 0 unspecified atom stereocenters. The number of allylic oxidation sites excluding steroid dienone is 4. The second-order valence-corrected chi connectivity index (χ2v) is 6.09. The van der Waals surface area contributed by atoms with Crippen LogP contribution in [0, 0.1) is 5.41 Å². The van der Waals surface area contributed by atoms with Crippen LogP contribution in [0.15, 0.2) is 35.1 Å². The van der Waals surface area contributed by atoms with Crippen molar-refractivity contribution < 1.29 is 19.8 Å². The molecule has 114 valence electrons. The van der Waals surface area contributed by atoms with Gasteiger partial charge in [-0.3, -0.25) is 9.59 Å². The molecule has 0 saturated heterocycles. The fourth-order valence-corrected chi connectivity index (χ4v) is 3.61. The van der Waals surface area contributed by atoms with Gasteiger partial charge in [0.25, 0.3) is 0 Å². The number of rotatable bonds is 2. The molecule has 2 N–H and O–H groups in total. The number of aliphatic hydroxyl groups excluding tert-OH is 1. The molecule has 0 radical (unpaired) electrons. The maximum Gasteiger partial charge on any atom is 0.220 e. The molecule has 0 heterocycles. The first kappa shape index (κ1) is 15.7. The van der Waals surface area contributed by atoms with E-state index in [1.807, 2.05) is 13.8 Å². The fourth-order valence-electron chi connectivity index (χ4n) is 3.61. The van der Waals surface area contributed by atoms with Crippen LogP contribution in [0.4, 0.5) is 0 Å². The number of hydrogen-bond donors (Lipinski definition) is 2. The number of ketones is 2. The standard InChI is InChI=1S/C17H22O4/c1-4-11-6-7-13(19)15(20)14(11)17(5-2)10-12(18)8-9-16(17,3)21/h4,6-7,20-21H,5,8-10H2,1-3H3/b11-4-/t16-,17+/m0/s1. The Morgan fingerprint density at radius 1 is 1.33 bits per heavy atom. The van der Waals surface area contributed by atoms with Gasteiger partial charge < -0.3 is 10.2 Å². The van der Waals surface area contributed by atoms with Crippen LogP contribution >= 0.6 is 0 Å². The lowest BCUT2D eigenvalue weighted by atomic mass is 9.56. The van der Waals surface area contributed by atoms with E-state index >= 15 is 0 Å². The summed E-state index contributed by atoms with van der Waals surface area (Å²) in [5, 5.41) is 21.2. The van der Waals surface area contributed by atoms with E-state index in [4.69, 9.17) is 0 Å². The van der Waals surface area contributed by atoms with Gasteiger partial charge in [-0.05, 0) is 38.3 Å². The Balaban J connectivity index is 2.70. The predicted molar refractivity (Wildman–Crippen MR) is 79.8 cm³/mol. The average molecular weight is 290 g/mol. The predicted octanol–water partition coefficient (Wildman–Crippen LogP) is 2.78. The van der Waals surface area contributed by atoms with Crippen LogP contribution in [0.25, 0.3) is 0 Å². The van der Waals surface area contributed by atoms with Crippen LogP contribution in [-0.2, 0) is 9.59 Å². The van der Waals surface area contributed by atoms with Gasteiger partial charge in [-0.25, -0.2) is 0 Å². The van der Waals surface area contributed by atoms with Gasteiger partial charge in [0.1, 0.15) is 5.78 Å². The van der Waals surface area contributed by atoms with Crippen molar-refractivity contribution in [3.8, 4) is 0 Å². The Morgan fingerprint density at radius 2 is 2.00 bits per heavy atom. The Morgan fingerprint density at radius 3 is 2.57 bits per heavy atom. The summed E-state index contributed by atoms with van der Waals surface area (Å²) in [4.78, 5) is 23.9. The van der Waals surface area contributed by atoms with Crippen LogP contribution in [0.5, 0.6) is 0 Å². The van der Waals surface area contributed by atoms with Gasteiger partial charge in [-0.1, -0.05) is 19.1 Å². The van der Waals surface area contributed by atoms with Gasteiger partial charge in [-0.2, -0.15) is 0 Å². The highest BCUT2D eigenvalue weighted by Crippen LogP contribution is 2.54. The summed E-state index contributed by atoms with van der Waals surface area (Å²) >= 11 is 0. The molecule has 1 saturated carbocycles. The van der Waals surface area contributed by atoms with E-state index in [9.17, 15) is 19.8 Å². The lowest BCUT2D eigenvalue weighted by molar-refractivity contribution is -0.138. The fraction of sp³-hybridized carbons (Fsp3) is 0.529. The molecule has 0 aromatic rings. The Hall–Kier alpha value is -1.68. The van der Waals surface area contributed by atoms with Crippen LogP contribution in [0.1, 0.15) is 46.5 Å². The minimum Gasteiger partial charge on any atom is -0.504 e. The lowest BCUT2D eigenvalue weighted by Crippen LogP contribution is -2.52. The van der Waals surface area contributed by atoms with Crippen molar-refractivity contribution in [3.05, 3.63) is 35.1 Å². The molecular formula is C17H22O4. The van der Waals surface area contributed by atoms with Crippen molar-refractivity contribution in [3.63, 3.8) is 0 Å². The van der Waals surface area contributed by atoms with E-state index in [0.29, 0.717) is 30.4 Å². The molecule has 0 bridgehead atoms. The monoisotopic (exact) mass is 290 g/mol. The van der Waals surface area contributed by atoms with Crippen molar-refractivity contribution in [2.75, 3.05) is 0 Å². The third-order valence-electron chi connectivity index (χ3n) is 4.99.